The number of nitrogens with zero attached hydrogens (tertiary/aromatic N) is 1. The summed E-state index contributed by atoms with van der Waals surface area (Å²) in [6, 6.07) is 2.89. The van der Waals surface area contributed by atoms with Crippen LogP contribution in [0, 0.1) is 11.6 Å². The summed E-state index contributed by atoms with van der Waals surface area (Å²) in [7, 11) is -3.31. The molecule has 0 aliphatic carbocycles. The van der Waals surface area contributed by atoms with Gasteiger partial charge in [0.15, 0.2) is 0 Å². The molecule has 2 aliphatic rings. The second-order valence-electron chi connectivity index (χ2n) is 7.08. The van der Waals surface area contributed by atoms with Crippen molar-refractivity contribution in [1.82, 2.24) is 4.31 Å². The van der Waals surface area contributed by atoms with Crippen molar-refractivity contribution in [2.24, 2.45) is 0 Å². The summed E-state index contributed by atoms with van der Waals surface area (Å²) < 4.78 is 53.4. The molecule has 7 heteroatoms. The van der Waals surface area contributed by atoms with Crippen molar-refractivity contribution >= 4 is 10.0 Å². The average molecular weight is 359 g/mol. The zero-order chi connectivity index (χ0) is 17.5. The third-order valence-corrected chi connectivity index (χ3v) is 7.26. The SMILES string of the molecule is CCCS(=O)(=O)N1C2CCC1CC(O)(Cc1ccc(F)cc1F)C2. The van der Waals surface area contributed by atoms with Gasteiger partial charge < -0.3 is 5.11 Å². The van der Waals surface area contributed by atoms with Crippen LogP contribution in [0.5, 0.6) is 0 Å². The molecule has 2 heterocycles. The van der Waals surface area contributed by atoms with E-state index in [1.165, 1.54) is 12.1 Å². The smallest absolute Gasteiger partial charge is 0.214 e. The highest BCUT2D eigenvalue weighted by atomic mass is 32.2. The van der Waals surface area contributed by atoms with Crippen LogP contribution in [0.25, 0.3) is 0 Å². The summed E-state index contributed by atoms with van der Waals surface area (Å²) in [6.45, 7) is 1.83. The van der Waals surface area contributed by atoms with E-state index in [0.29, 0.717) is 19.3 Å². The lowest BCUT2D eigenvalue weighted by Crippen LogP contribution is -2.54. The Bertz CT molecular complexity index is 709. The molecule has 0 amide bonds. The number of aliphatic hydroxyl groups is 1. The van der Waals surface area contributed by atoms with Gasteiger partial charge >= 0.3 is 0 Å². The van der Waals surface area contributed by atoms with Gasteiger partial charge in [-0.15, -0.1) is 0 Å². The van der Waals surface area contributed by atoms with Crippen LogP contribution in [0.4, 0.5) is 8.78 Å². The first-order valence-electron chi connectivity index (χ1n) is 8.41. The minimum absolute atomic E-state index is 0.0772. The third kappa shape index (κ3) is 3.34. The van der Waals surface area contributed by atoms with Crippen LogP contribution in [0.1, 0.15) is 44.6 Å². The van der Waals surface area contributed by atoms with Crippen LogP contribution < -0.4 is 0 Å². The quantitative estimate of drug-likeness (QED) is 0.879. The lowest BCUT2D eigenvalue weighted by molar-refractivity contribution is -0.0289. The first-order valence-corrected chi connectivity index (χ1v) is 10.0. The third-order valence-electron chi connectivity index (χ3n) is 5.10. The molecule has 2 saturated heterocycles. The van der Waals surface area contributed by atoms with Crippen LogP contribution >= 0.6 is 0 Å². The van der Waals surface area contributed by atoms with Crippen molar-refractivity contribution < 1.29 is 22.3 Å². The molecule has 2 aliphatic heterocycles. The van der Waals surface area contributed by atoms with Gasteiger partial charge in [-0.3, -0.25) is 0 Å². The zero-order valence-corrected chi connectivity index (χ0v) is 14.5. The first kappa shape index (κ1) is 17.8. The fourth-order valence-electron chi connectivity index (χ4n) is 4.26. The minimum Gasteiger partial charge on any atom is -0.389 e. The lowest BCUT2D eigenvalue weighted by atomic mass is 9.82. The first-order chi connectivity index (χ1) is 11.2. The molecule has 2 fully saturated rings. The fourth-order valence-corrected chi connectivity index (χ4v) is 6.26. The topological polar surface area (TPSA) is 57.6 Å². The summed E-state index contributed by atoms with van der Waals surface area (Å²) in [4.78, 5) is 0. The predicted molar refractivity (Wildman–Crippen MR) is 87.0 cm³/mol. The molecule has 1 aromatic carbocycles. The van der Waals surface area contributed by atoms with Gasteiger partial charge in [0.2, 0.25) is 10.0 Å². The number of rotatable bonds is 5. The summed E-state index contributed by atoms with van der Waals surface area (Å²) in [5.41, 5.74) is -0.883. The van der Waals surface area contributed by atoms with Crippen LogP contribution in [0.2, 0.25) is 0 Å². The molecular weight excluding hydrogens is 336 g/mol. The van der Waals surface area contributed by atoms with Crippen molar-refractivity contribution in [3.63, 3.8) is 0 Å². The number of piperidine rings is 1. The van der Waals surface area contributed by atoms with E-state index in [1.807, 2.05) is 6.92 Å². The van der Waals surface area contributed by atoms with Gasteiger partial charge in [0.1, 0.15) is 11.6 Å². The van der Waals surface area contributed by atoms with Gasteiger partial charge in [0.25, 0.3) is 0 Å². The van der Waals surface area contributed by atoms with Gasteiger partial charge in [-0.05, 0) is 43.7 Å². The molecule has 134 valence electrons. The van der Waals surface area contributed by atoms with E-state index in [2.05, 4.69) is 0 Å². The normalized spacial score (nSPS) is 30.7. The number of hydrogen-bond donors (Lipinski definition) is 1. The van der Waals surface area contributed by atoms with E-state index in [0.717, 1.165) is 18.9 Å². The molecule has 2 unspecified atom stereocenters. The van der Waals surface area contributed by atoms with Gasteiger partial charge in [0, 0.05) is 24.6 Å². The monoisotopic (exact) mass is 359 g/mol. The molecule has 0 aromatic heterocycles. The minimum atomic E-state index is -3.31. The molecule has 0 radical (unpaired) electrons. The highest BCUT2D eigenvalue weighted by molar-refractivity contribution is 7.89. The van der Waals surface area contributed by atoms with Crippen LogP contribution in [0.15, 0.2) is 18.2 Å². The Labute approximate surface area is 141 Å². The fraction of sp³-hybridized carbons (Fsp3) is 0.647. The summed E-state index contributed by atoms with van der Waals surface area (Å²) in [6.07, 6.45) is 2.67. The maximum Gasteiger partial charge on any atom is 0.214 e. The Kier molecular flexibility index (Phi) is 4.70. The highest BCUT2D eigenvalue weighted by Crippen LogP contribution is 2.44. The van der Waals surface area contributed by atoms with E-state index >= 15 is 0 Å². The number of hydrogen-bond acceptors (Lipinski definition) is 3. The zero-order valence-electron chi connectivity index (χ0n) is 13.7. The lowest BCUT2D eigenvalue weighted by Gasteiger charge is -2.43. The average Bonchev–Trinajstić information content (AvgIpc) is 2.77. The van der Waals surface area contributed by atoms with Crippen molar-refractivity contribution in [3.8, 4) is 0 Å². The second-order valence-corrected chi connectivity index (χ2v) is 9.07. The van der Waals surface area contributed by atoms with Gasteiger partial charge in [0.05, 0.1) is 11.4 Å². The predicted octanol–water partition coefficient (Wildman–Crippen LogP) is 2.61. The molecule has 24 heavy (non-hydrogen) atoms. The molecule has 1 aromatic rings. The Morgan fingerprint density at radius 3 is 2.42 bits per heavy atom. The van der Waals surface area contributed by atoms with Gasteiger partial charge in [-0.25, -0.2) is 17.2 Å². The van der Waals surface area contributed by atoms with Crippen molar-refractivity contribution in [2.45, 2.75) is 63.1 Å². The highest BCUT2D eigenvalue weighted by Gasteiger charge is 2.51. The maximum absolute atomic E-state index is 13.9. The van der Waals surface area contributed by atoms with Gasteiger partial charge in [-0.2, -0.15) is 4.31 Å². The molecule has 1 N–H and O–H groups in total. The Morgan fingerprint density at radius 2 is 1.88 bits per heavy atom. The Balaban J connectivity index is 1.79. The van der Waals surface area contributed by atoms with E-state index in [4.69, 9.17) is 0 Å². The van der Waals surface area contributed by atoms with Crippen LogP contribution in [0.3, 0.4) is 0 Å². The van der Waals surface area contributed by atoms with Crippen molar-refractivity contribution in [3.05, 3.63) is 35.4 Å². The van der Waals surface area contributed by atoms with Crippen LogP contribution in [-0.4, -0.2) is 41.3 Å². The van der Waals surface area contributed by atoms with E-state index in [9.17, 15) is 22.3 Å². The number of benzene rings is 1. The van der Waals surface area contributed by atoms with E-state index < -0.39 is 27.3 Å². The Morgan fingerprint density at radius 1 is 1.25 bits per heavy atom. The maximum atomic E-state index is 13.9. The molecule has 3 rings (SSSR count). The summed E-state index contributed by atoms with van der Waals surface area (Å²) in [5, 5.41) is 10.9. The number of sulfonamides is 1. The van der Waals surface area contributed by atoms with Crippen molar-refractivity contribution in [2.75, 3.05) is 5.75 Å². The van der Waals surface area contributed by atoms with Crippen LogP contribution in [-0.2, 0) is 16.4 Å². The molecule has 4 nitrogen and oxygen atoms in total. The molecular formula is C17H23F2NO3S. The molecule has 2 bridgehead atoms. The summed E-state index contributed by atoms with van der Waals surface area (Å²) in [5.74, 6) is -1.20. The van der Waals surface area contributed by atoms with E-state index in [-0.39, 0.29) is 29.8 Å². The van der Waals surface area contributed by atoms with E-state index in [1.54, 1.807) is 4.31 Å². The molecule has 2 atom stereocenters. The summed E-state index contributed by atoms with van der Waals surface area (Å²) >= 11 is 0. The van der Waals surface area contributed by atoms with Gasteiger partial charge in [-0.1, -0.05) is 13.0 Å². The molecule has 0 spiro atoms. The standard InChI is InChI=1S/C17H23F2NO3S/c1-2-7-24(22,23)20-14-5-6-15(20)11-17(21,10-14)9-12-3-4-13(18)8-16(12)19/h3-4,8,14-15,21H,2,5-7,9-11H2,1H3. The molecule has 0 saturated carbocycles. The number of halogens is 2. The Hall–Kier alpha value is -1.05. The largest absolute Gasteiger partial charge is 0.389 e. The second kappa shape index (κ2) is 6.35. The number of fused-ring (bicyclic) bond motifs is 2. The van der Waals surface area contributed by atoms with Crippen molar-refractivity contribution in [1.29, 1.82) is 0 Å².